The first-order chi connectivity index (χ1) is 17.7. The van der Waals surface area contributed by atoms with Crippen molar-refractivity contribution in [3.8, 4) is 5.75 Å². The Morgan fingerprint density at radius 1 is 1.14 bits per heavy atom. The molecule has 2 aliphatic rings. The van der Waals surface area contributed by atoms with Gasteiger partial charge in [-0.2, -0.15) is 11.8 Å². The van der Waals surface area contributed by atoms with E-state index in [2.05, 4.69) is 10.6 Å². The fourth-order valence-electron chi connectivity index (χ4n) is 4.37. The number of rotatable bonds is 10. The van der Waals surface area contributed by atoms with Crippen molar-refractivity contribution < 1.29 is 23.9 Å². The smallest absolute Gasteiger partial charge is 0.411 e. The summed E-state index contributed by atoms with van der Waals surface area (Å²) in [5.41, 5.74) is 0.294. The van der Waals surface area contributed by atoms with Crippen molar-refractivity contribution in [3.63, 3.8) is 0 Å². The Hall–Kier alpha value is -2.07. The van der Waals surface area contributed by atoms with Crippen molar-refractivity contribution >= 4 is 41.4 Å². The van der Waals surface area contributed by atoms with Crippen LogP contribution in [0, 0.1) is 5.92 Å². The first-order valence-corrected chi connectivity index (χ1v) is 15.3. The van der Waals surface area contributed by atoms with Crippen LogP contribution in [0.1, 0.15) is 58.4 Å². The third kappa shape index (κ3) is 9.63. The zero-order valence-corrected chi connectivity index (χ0v) is 24.1. The Bertz CT molecular complexity index is 900. The number of hydrogen-bond acceptors (Lipinski definition) is 7. The molecule has 0 bridgehead atoms. The van der Waals surface area contributed by atoms with Crippen molar-refractivity contribution in [3.05, 3.63) is 29.8 Å². The molecule has 1 aromatic carbocycles. The fourth-order valence-corrected chi connectivity index (χ4v) is 6.79. The van der Waals surface area contributed by atoms with E-state index in [1.54, 1.807) is 39.6 Å². The van der Waals surface area contributed by atoms with E-state index in [4.69, 9.17) is 9.47 Å². The summed E-state index contributed by atoms with van der Waals surface area (Å²) in [6, 6.07) is 6.15. The van der Waals surface area contributed by atoms with Crippen LogP contribution in [0.25, 0.3) is 0 Å². The highest BCUT2D eigenvalue weighted by atomic mass is 32.2. The molecule has 8 nitrogen and oxygen atoms in total. The van der Waals surface area contributed by atoms with E-state index in [0.717, 1.165) is 17.1 Å². The van der Waals surface area contributed by atoms with Crippen LogP contribution >= 0.6 is 23.5 Å². The maximum Gasteiger partial charge on any atom is 0.411 e. The summed E-state index contributed by atoms with van der Waals surface area (Å²) in [6.07, 6.45) is 5.81. The van der Waals surface area contributed by atoms with Crippen LogP contribution in [-0.2, 0) is 20.9 Å². The number of amides is 3. The lowest BCUT2D eigenvalue weighted by atomic mass is 9.91. The van der Waals surface area contributed by atoms with Gasteiger partial charge in [-0.15, -0.1) is 11.8 Å². The molecule has 3 amide bonds. The Labute approximate surface area is 229 Å². The van der Waals surface area contributed by atoms with E-state index in [-0.39, 0.29) is 11.8 Å². The number of carbonyl (C=O) groups is 3. The summed E-state index contributed by atoms with van der Waals surface area (Å²) >= 11 is 3.22. The van der Waals surface area contributed by atoms with Gasteiger partial charge >= 0.3 is 6.09 Å². The SMILES string of the molecule is COc1ccc(CNC(=O)[C@H](CSCC2CCCCC2)NC(=O)[C@H]2CSCN2C(=O)OC(C)(C)C)cc1. The van der Waals surface area contributed by atoms with Crippen molar-refractivity contribution in [1.82, 2.24) is 15.5 Å². The van der Waals surface area contributed by atoms with Gasteiger partial charge in [0.1, 0.15) is 23.4 Å². The molecule has 1 aliphatic heterocycles. The van der Waals surface area contributed by atoms with Gasteiger partial charge in [0.05, 0.1) is 13.0 Å². The second kappa shape index (κ2) is 14.2. The largest absolute Gasteiger partial charge is 0.497 e. The second-order valence-electron chi connectivity index (χ2n) is 10.6. The number of hydrogen-bond donors (Lipinski definition) is 2. The van der Waals surface area contributed by atoms with E-state index < -0.39 is 23.8 Å². The van der Waals surface area contributed by atoms with Crippen LogP contribution in [0.5, 0.6) is 5.75 Å². The van der Waals surface area contributed by atoms with Gasteiger partial charge in [0.25, 0.3) is 0 Å². The lowest BCUT2D eigenvalue weighted by Gasteiger charge is -2.28. The molecule has 1 saturated heterocycles. The number of nitrogens with one attached hydrogen (secondary N) is 2. The van der Waals surface area contributed by atoms with E-state index in [1.165, 1.54) is 48.8 Å². The summed E-state index contributed by atoms with van der Waals surface area (Å²) in [5.74, 6) is 3.21. The normalized spacial score (nSPS) is 19.2. The molecule has 1 saturated carbocycles. The lowest BCUT2D eigenvalue weighted by Crippen LogP contribution is -2.55. The van der Waals surface area contributed by atoms with Gasteiger partial charge in [-0.3, -0.25) is 14.5 Å². The Kier molecular flexibility index (Phi) is 11.3. The molecule has 0 aromatic heterocycles. The van der Waals surface area contributed by atoms with Gasteiger partial charge in [-0.05, 0) is 63.0 Å². The highest BCUT2D eigenvalue weighted by molar-refractivity contribution is 7.99. The monoisotopic (exact) mass is 551 g/mol. The molecule has 1 aliphatic carbocycles. The van der Waals surface area contributed by atoms with E-state index in [1.807, 2.05) is 24.3 Å². The van der Waals surface area contributed by atoms with Crippen LogP contribution in [0.3, 0.4) is 0 Å². The summed E-state index contributed by atoms with van der Waals surface area (Å²) in [5, 5.41) is 5.91. The minimum Gasteiger partial charge on any atom is -0.497 e. The highest BCUT2D eigenvalue weighted by Crippen LogP contribution is 2.27. The summed E-state index contributed by atoms with van der Waals surface area (Å²) in [4.78, 5) is 40.6. The molecule has 0 radical (unpaired) electrons. The molecule has 2 N–H and O–H groups in total. The van der Waals surface area contributed by atoms with Crippen molar-refractivity contribution in [2.24, 2.45) is 5.92 Å². The van der Waals surface area contributed by atoms with Gasteiger partial charge in [0.15, 0.2) is 0 Å². The molecule has 2 fully saturated rings. The Balaban J connectivity index is 1.61. The van der Waals surface area contributed by atoms with E-state index in [9.17, 15) is 14.4 Å². The molecule has 2 atom stereocenters. The predicted octanol–water partition coefficient (Wildman–Crippen LogP) is 4.42. The van der Waals surface area contributed by atoms with Crippen molar-refractivity contribution in [2.75, 3.05) is 30.2 Å². The molecular weight excluding hydrogens is 510 g/mol. The lowest BCUT2D eigenvalue weighted by molar-refractivity contribution is -0.130. The topological polar surface area (TPSA) is 97.0 Å². The van der Waals surface area contributed by atoms with Gasteiger partial charge in [-0.1, -0.05) is 31.4 Å². The number of ether oxygens (including phenoxy) is 2. The van der Waals surface area contributed by atoms with Crippen molar-refractivity contribution in [2.45, 2.75) is 77.1 Å². The molecule has 1 aromatic rings. The number of carbonyl (C=O) groups excluding carboxylic acids is 3. The zero-order chi connectivity index (χ0) is 26.8. The summed E-state index contributed by atoms with van der Waals surface area (Å²) < 4.78 is 10.7. The average molecular weight is 552 g/mol. The summed E-state index contributed by atoms with van der Waals surface area (Å²) in [7, 11) is 1.61. The maximum absolute atomic E-state index is 13.3. The van der Waals surface area contributed by atoms with Crippen molar-refractivity contribution in [1.29, 1.82) is 0 Å². The molecule has 206 valence electrons. The minimum absolute atomic E-state index is 0.227. The van der Waals surface area contributed by atoms with Crippen LogP contribution in [-0.4, -0.2) is 70.7 Å². The van der Waals surface area contributed by atoms with Gasteiger partial charge < -0.3 is 20.1 Å². The van der Waals surface area contributed by atoms with Crippen LogP contribution < -0.4 is 15.4 Å². The van der Waals surface area contributed by atoms with Crippen LogP contribution in [0.2, 0.25) is 0 Å². The first kappa shape index (κ1) is 29.5. The molecule has 1 heterocycles. The van der Waals surface area contributed by atoms with E-state index in [0.29, 0.717) is 29.8 Å². The van der Waals surface area contributed by atoms with Gasteiger partial charge in [-0.25, -0.2) is 4.79 Å². The first-order valence-electron chi connectivity index (χ1n) is 13.0. The molecule has 0 spiro atoms. The standard InChI is InChI=1S/C27H41N3O5S2/c1-27(2,3)35-26(33)30-18-37-17-23(30)25(32)29-22(16-36-15-20-8-6-5-7-9-20)24(31)28-14-19-10-12-21(34-4)13-11-19/h10-13,20,22-23H,5-9,14-18H2,1-4H3,(H,28,31)(H,29,32)/t22-,23+/m0/s1. The molecule has 0 unspecified atom stereocenters. The fraction of sp³-hybridized carbons (Fsp3) is 0.667. The van der Waals surface area contributed by atoms with Gasteiger partial charge in [0.2, 0.25) is 11.8 Å². The molecule has 10 heteroatoms. The molecular formula is C27H41N3O5S2. The number of thioether (sulfide) groups is 2. The average Bonchev–Trinajstić information content (AvgIpc) is 3.37. The van der Waals surface area contributed by atoms with Crippen LogP contribution in [0.15, 0.2) is 24.3 Å². The van der Waals surface area contributed by atoms with Crippen LogP contribution in [0.4, 0.5) is 4.79 Å². The minimum atomic E-state index is -0.689. The molecule has 3 rings (SSSR count). The highest BCUT2D eigenvalue weighted by Gasteiger charge is 2.38. The Morgan fingerprint density at radius 3 is 2.49 bits per heavy atom. The third-order valence-electron chi connectivity index (χ3n) is 6.43. The maximum atomic E-state index is 13.3. The van der Waals surface area contributed by atoms with E-state index >= 15 is 0 Å². The third-order valence-corrected chi connectivity index (χ3v) is 8.72. The Morgan fingerprint density at radius 2 is 1.84 bits per heavy atom. The van der Waals surface area contributed by atoms with Gasteiger partial charge in [0, 0.05) is 18.1 Å². The number of methoxy groups -OCH3 is 1. The second-order valence-corrected chi connectivity index (χ2v) is 12.7. The number of nitrogens with zero attached hydrogens (tertiary/aromatic N) is 1. The number of benzene rings is 1. The predicted molar refractivity (Wildman–Crippen MR) is 150 cm³/mol. The molecule has 37 heavy (non-hydrogen) atoms. The zero-order valence-electron chi connectivity index (χ0n) is 22.4. The quantitative estimate of drug-likeness (QED) is 0.444. The summed E-state index contributed by atoms with van der Waals surface area (Å²) in [6.45, 7) is 5.76.